The number of hydrogen-bond donors (Lipinski definition) is 1. The van der Waals surface area contributed by atoms with Crippen molar-refractivity contribution in [3.05, 3.63) is 65.5 Å². The van der Waals surface area contributed by atoms with Gasteiger partial charge in [0.1, 0.15) is 0 Å². The van der Waals surface area contributed by atoms with Gasteiger partial charge in [-0.25, -0.2) is 13.4 Å². The Kier molecular flexibility index (Phi) is 7.36. The van der Waals surface area contributed by atoms with Gasteiger partial charge in [0.05, 0.1) is 10.6 Å². The maximum Gasteiger partial charge on any atom is 0.257 e. The summed E-state index contributed by atoms with van der Waals surface area (Å²) in [6.45, 7) is 4.86. The highest BCUT2D eigenvalue weighted by Crippen LogP contribution is 2.25. The maximum atomic E-state index is 12.8. The van der Waals surface area contributed by atoms with E-state index < -0.39 is 10.0 Å². The number of anilines is 1. The van der Waals surface area contributed by atoms with E-state index in [1.54, 1.807) is 0 Å². The minimum Gasteiger partial charge on any atom is -0.298 e. The van der Waals surface area contributed by atoms with Gasteiger partial charge in [0.15, 0.2) is 5.13 Å². The molecule has 0 saturated carbocycles. The number of nitrogens with one attached hydrogen (secondary N) is 1. The van der Waals surface area contributed by atoms with Gasteiger partial charge in [0.2, 0.25) is 10.0 Å². The lowest BCUT2D eigenvalue weighted by Crippen LogP contribution is -2.32. The zero-order valence-electron chi connectivity index (χ0n) is 17.0. The minimum absolute atomic E-state index is 0.196. The van der Waals surface area contributed by atoms with Gasteiger partial charge in [0.25, 0.3) is 5.91 Å². The van der Waals surface area contributed by atoms with E-state index in [9.17, 15) is 13.2 Å². The molecule has 0 spiro atoms. The second-order valence-electron chi connectivity index (χ2n) is 6.79. The lowest BCUT2D eigenvalue weighted by molar-refractivity contribution is 0.102. The molecule has 0 aliphatic rings. The second-order valence-corrected chi connectivity index (χ2v) is 9.58. The summed E-state index contributed by atoms with van der Waals surface area (Å²) in [5.74, 6) is -0.327. The number of benzene rings is 2. The largest absolute Gasteiger partial charge is 0.298 e. The van der Waals surface area contributed by atoms with Gasteiger partial charge in [-0.05, 0) is 37.1 Å². The van der Waals surface area contributed by atoms with Crippen LogP contribution in [0.15, 0.2) is 64.9 Å². The van der Waals surface area contributed by atoms with Crippen LogP contribution in [0.25, 0.3) is 11.3 Å². The van der Waals surface area contributed by atoms with E-state index in [0.29, 0.717) is 23.8 Å². The molecule has 0 saturated heterocycles. The molecule has 1 heterocycles. The standard InChI is InChI=1S/C22H25N3O3S2/c1-3-14-25(15-4-2)30(27,28)19-12-10-18(11-13-19)21(26)24-22-23-20(16-29-22)17-8-6-5-7-9-17/h5-13,16H,3-4,14-15H2,1-2H3,(H,23,24,26). The Morgan fingerprint density at radius 2 is 1.63 bits per heavy atom. The van der Waals surface area contributed by atoms with Crippen LogP contribution in [0.3, 0.4) is 0 Å². The first-order valence-corrected chi connectivity index (χ1v) is 12.2. The summed E-state index contributed by atoms with van der Waals surface area (Å²) in [6, 6.07) is 15.8. The van der Waals surface area contributed by atoms with Gasteiger partial charge in [0, 0.05) is 29.6 Å². The van der Waals surface area contributed by atoms with Crippen LogP contribution in [0, 0.1) is 0 Å². The van der Waals surface area contributed by atoms with Crippen LogP contribution in [0.2, 0.25) is 0 Å². The highest BCUT2D eigenvalue weighted by molar-refractivity contribution is 7.89. The molecule has 0 unspecified atom stereocenters. The van der Waals surface area contributed by atoms with Crippen LogP contribution in [-0.2, 0) is 10.0 Å². The van der Waals surface area contributed by atoms with Crippen molar-refractivity contribution in [1.82, 2.24) is 9.29 Å². The number of carbonyl (C=O) groups excluding carboxylic acids is 1. The third kappa shape index (κ3) is 5.13. The zero-order chi connectivity index (χ0) is 21.6. The SMILES string of the molecule is CCCN(CCC)S(=O)(=O)c1ccc(C(=O)Nc2nc(-c3ccccc3)cs2)cc1. The summed E-state index contributed by atoms with van der Waals surface area (Å²) in [5.41, 5.74) is 2.15. The highest BCUT2D eigenvalue weighted by Gasteiger charge is 2.23. The van der Waals surface area contributed by atoms with E-state index >= 15 is 0 Å². The number of nitrogens with zero attached hydrogens (tertiary/aromatic N) is 2. The van der Waals surface area contributed by atoms with Gasteiger partial charge >= 0.3 is 0 Å². The number of sulfonamides is 1. The molecule has 1 amide bonds. The van der Waals surface area contributed by atoms with E-state index in [2.05, 4.69) is 10.3 Å². The first kappa shape index (κ1) is 22.1. The van der Waals surface area contributed by atoms with Crippen LogP contribution in [0.1, 0.15) is 37.0 Å². The van der Waals surface area contributed by atoms with Gasteiger partial charge in [-0.15, -0.1) is 11.3 Å². The highest BCUT2D eigenvalue weighted by atomic mass is 32.2. The van der Waals surface area contributed by atoms with Gasteiger partial charge in [-0.2, -0.15) is 4.31 Å². The molecule has 0 aliphatic heterocycles. The van der Waals surface area contributed by atoms with Crippen molar-refractivity contribution >= 4 is 32.4 Å². The Bertz CT molecular complexity index is 1070. The molecule has 1 N–H and O–H groups in total. The predicted molar refractivity (Wildman–Crippen MR) is 121 cm³/mol. The van der Waals surface area contributed by atoms with E-state index in [0.717, 1.165) is 24.1 Å². The van der Waals surface area contributed by atoms with E-state index in [1.165, 1.54) is 39.9 Å². The normalized spacial score (nSPS) is 11.6. The number of rotatable bonds is 9. The molecular formula is C22H25N3O3S2. The summed E-state index contributed by atoms with van der Waals surface area (Å²) in [5, 5.41) is 5.16. The van der Waals surface area contributed by atoms with Crippen molar-refractivity contribution in [2.45, 2.75) is 31.6 Å². The first-order valence-electron chi connectivity index (χ1n) is 9.88. The van der Waals surface area contributed by atoms with Crippen molar-refractivity contribution in [3.8, 4) is 11.3 Å². The fourth-order valence-corrected chi connectivity index (χ4v) is 5.36. The molecule has 2 aromatic carbocycles. The Morgan fingerprint density at radius 1 is 1.00 bits per heavy atom. The van der Waals surface area contributed by atoms with Crippen LogP contribution in [0.4, 0.5) is 5.13 Å². The molecule has 0 bridgehead atoms. The summed E-state index contributed by atoms with van der Waals surface area (Å²) in [6.07, 6.45) is 1.50. The number of thiazole rings is 1. The zero-order valence-corrected chi connectivity index (χ0v) is 18.7. The number of carbonyl (C=O) groups is 1. The lowest BCUT2D eigenvalue weighted by Gasteiger charge is -2.21. The first-order chi connectivity index (χ1) is 14.5. The lowest BCUT2D eigenvalue weighted by atomic mass is 10.2. The quantitative estimate of drug-likeness (QED) is 0.511. The fraction of sp³-hybridized carbons (Fsp3) is 0.273. The van der Waals surface area contributed by atoms with E-state index in [4.69, 9.17) is 0 Å². The van der Waals surface area contributed by atoms with Gasteiger partial charge < -0.3 is 0 Å². The van der Waals surface area contributed by atoms with Crippen molar-refractivity contribution in [2.75, 3.05) is 18.4 Å². The van der Waals surface area contributed by atoms with Crippen molar-refractivity contribution < 1.29 is 13.2 Å². The van der Waals surface area contributed by atoms with E-state index in [-0.39, 0.29) is 10.8 Å². The minimum atomic E-state index is -3.56. The smallest absolute Gasteiger partial charge is 0.257 e. The monoisotopic (exact) mass is 443 g/mol. The summed E-state index contributed by atoms with van der Waals surface area (Å²) >= 11 is 1.34. The van der Waals surface area contributed by atoms with Gasteiger partial charge in [-0.1, -0.05) is 44.2 Å². The number of amides is 1. The number of aromatic nitrogens is 1. The summed E-state index contributed by atoms with van der Waals surface area (Å²) in [7, 11) is -3.56. The van der Waals surface area contributed by atoms with Crippen LogP contribution < -0.4 is 5.32 Å². The van der Waals surface area contributed by atoms with Crippen molar-refractivity contribution in [1.29, 1.82) is 0 Å². The molecular weight excluding hydrogens is 418 g/mol. The Morgan fingerprint density at radius 3 is 2.23 bits per heavy atom. The molecule has 8 heteroatoms. The molecule has 0 atom stereocenters. The second kappa shape index (κ2) is 9.97. The summed E-state index contributed by atoms with van der Waals surface area (Å²) < 4.78 is 27.2. The van der Waals surface area contributed by atoms with Crippen molar-refractivity contribution in [2.24, 2.45) is 0 Å². The molecule has 0 fully saturated rings. The van der Waals surface area contributed by atoms with Crippen molar-refractivity contribution in [3.63, 3.8) is 0 Å². The molecule has 30 heavy (non-hydrogen) atoms. The van der Waals surface area contributed by atoms with Gasteiger partial charge in [-0.3, -0.25) is 10.1 Å². The molecule has 158 valence electrons. The fourth-order valence-electron chi connectivity index (χ4n) is 3.02. The molecule has 0 radical (unpaired) electrons. The third-order valence-corrected chi connectivity index (χ3v) is 7.17. The van der Waals surface area contributed by atoms with Crippen LogP contribution in [-0.4, -0.2) is 36.7 Å². The molecule has 6 nitrogen and oxygen atoms in total. The molecule has 3 rings (SSSR count). The van der Waals surface area contributed by atoms with Crippen LogP contribution >= 0.6 is 11.3 Å². The summed E-state index contributed by atoms with van der Waals surface area (Å²) in [4.78, 5) is 17.2. The Hall–Kier alpha value is -2.55. The topological polar surface area (TPSA) is 79.4 Å². The number of hydrogen-bond acceptors (Lipinski definition) is 5. The molecule has 3 aromatic rings. The third-order valence-electron chi connectivity index (χ3n) is 4.49. The Balaban J connectivity index is 1.72. The van der Waals surface area contributed by atoms with Crippen LogP contribution in [0.5, 0.6) is 0 Å². The molecule has 1 aromatic heterocycles. The average Bonchev–Trinajstić information content (AvgIpc) is 3.23. The molecule has 0 aliphatic carbocycles. The maximum absolute atomic E-state index is 12.8. The predicted octanol–water partition coefficient (Wildman–Crippen LogP) is 4.87. The van der Waals surface area contributed by atoms with E-state index in [1.807, 2.05) is 49.6 Å². The average molecular weight is 444 g/mol. The Labute approximate surface area is 181 Å².